The van der Waals surface area contributed by atoms with Gasteiger partial charge in [0.05, 0.1) is 16.1 Å². The van der Waals surface area contributed by atoms with Gasteiger partial charge in [-0.3, -0.25) is 0 Å². The first-order valence-corrected chi connectivity index (χ1v) is 9.07. The lowest BCUT2D eigenvalue weighted by Gasteiger charge is -2.10. The van der Waals surface area contributed by atoms with Gasteiger partial charge in [0.15, 0.2) is 0 Å². The fraction of sp³-hybridized carbons (Fsp3) is 0.0952. The Kier molecular flexibility index (Phi) is 5.04. The fourth-order valence-electron chi connectivity index (χ4n) is 2.88. The molecule has 3 N–H and O–H groups in total. The van der Waals surface area contributed by atoms with Crippen LogP contribution in [0.15, 0.2) is 65.5 Å². The van der Waals surface area contributed by atoms with Gasteiger partial charge in [-0.2, -0.15) is 0 Å². The molecule has 0 saturated carbocycles. The Morgan fingerprint density at radius 3 is 2.57 bits per heavy atom. The topological polar surface area (TPSA) is 69.9 Å². The van der Waals surface area contributed by atoms with E-state index in [1.165, 1.54) is 6.07 Å². The van der Waals surface area contributed by atoms with E-state index >= 15 is 0 Å². The number of anilines is 1. The summed E-state index contributed by atoms with van der Waals surface area (Å²) in [5.74, 6) is 0.253. The van der Waals surface area contributed by atoms with Crippen LogP contribution in [0.5, 0.6) is 5.75 Å². The normalized spacial score (nSPS) is 10.9. The molecule has 0 atom stereocenters. The molecule has 0 aliphatic carbocycles. The molecule has 0 radical (unpaired) electrons. The van der Waals surface area contributed by atoms with Crippen LogP contribution in [0.3, 0.4) is 0 Å². The number of fused-ring (bicyclic) bond motifs is 1. The second-order valence-electron chi connectivity index (χ2n) is 6.33. The van der Waals surface area contributed by atoms with Crippen molar-refractivity contribution in [1.82, 2.24) is 9.97 Å². The molecule has 0 fully saturated rings. The standard InChI is InChI=1S/C21H17ClFN3O2/c22-17-2-1-3-18(23)16(17)12-28-15-7-4-13(5-8-15)11-24-14-6-9-19-20(10-14)26-21(27)25-19/h1-10,24H,11-12H2,(H2,25,26,27). The van der Waals surface area contributed by atoms with Gasteiger partial charge in [0.25, 0.3) is 0 Å². The Labute approximate surface area is 165 Å². The highest BCUT2D eigenvalue weighted by atomic mass is 35.5. The lowest BCUT2D eigenvalue weighted by atomic mass is 10.2. The molecule has 0 spiro atoms. The maximum absolute atomic E-state index is 13.8. The quantitative estimate of drug-likeness (QED) is 0.436. The number of hydrogen-bond donors (Lipinski definition) is 3. The summed E-state index contributed by atoms with van der Waals surface area (Å²) in [6.07, 6.45) is 0. The molecule has 0 saturated heterocycles. The number of hydrogen-bond acceptors (Lipinski definition) is 3. The molecule has 7 heteroatoms. The second-order valence-corrected chi connectivity index (χ2v) is 6.73. The van der Waals surface area contributed by atoms with Gasteiger partial charge in [0, 0.05) is 17.8 Å². The van der Waals surface area contributed by atoms with Crippen molar-refractivity contribution < 1.29 is 9.13 Å². The summed E-state index contributed by atoms with van der Waals surface area (Å²) in [7, 11) is 0. The van der Waals surface area contributed by atoms with Gasteiger partial charge in [0.2, 0.25) is 0 Å². The van der Waals surface area contributed by atoms with Crippen molar-refractivity contribution in [2.75, 3.05) is 5.32 Å². The van der Waals surface area contributed by atoms with E-state index in [1.807, 2.05) is 42.5 Å². The Hall–Kier alpha value is -3.25. The average Bonchev–Trinajstić information content (AvgIpc) is 3.06. The monoisotopic (exact) mass is 397 g/mol. The van der Waals surface area contributed by atoms with Gasteiger partial charge < -0.3 is 20.0 Å². The summed E-state index contributed by atoms with van der Waals surface area (Å²) in [5, 5.41) is 3.66. The molecule has 0 aliphatic heterocycles. The third-order valence-corrected chi connectivity index (χ3v) is 4.73. The van der Waals surface area contributed by atoms with E-state index in [-0.39, 0.29) is 18.1 Å². The predicted molar refractivity (Wildman–Crippen MR) is 108 cm³/mol. The van der Waals surface area contributed by atoms with E-state index < -0.39 is 0 Å². The molecule has 28 heavy (non-hydrogen) atoms. The van der Waals surface area contributed by atoms with Crippen LogP contribution in [0.25, 0.3) is 11.0 Å². The predicted octanol–water partition coefficient (Wildman–Crippen LogP) is 4.84. The van der Waals surface area contributed by atoms with Crippen LogP contribution in [-0.4, -0.2) is 9.97 Å². The van der Waals surface area contributed by atoms with Crippen LogP contribution in [0.2, 0.25) is 5.02 Å². The number of halogens is 2. The summed E-state index contributed by atoms with van der Waals surface area (Å²) in [4.78, 5) is 16.8. The van der Waals surface area contributed by atoms with Crippen molar-refractivity contribution in [3.05, 3.63) is 93.1 Å². The molecular weight excluding hydrogens is 381 g/mol. The zero-order chi connectivity index (χ0) is 19.5. The van der Waals surface area contributed by atoms with Gasteiger partial charge in [-0.05, 0) is 48.0 Å². The fourth-order valence-corrected chi connectivity index (χ4v) is 3.09. The molecule has 3 aromatic carbocycles. The summed E-state index contributed by atoms with van der Waals surface area (Å²) < 4.78 is 19.4. The lowest BCUT2D eigenvalue weighted by Crippen LogP contribution is -2.01. The molecule has 4 rings (SSSR count). The van der Waals surface area contributed by atoms with Crippen LogP contribution in [-0.2, 0) is 13.2 Å². The molecule has 4 aromatic rings. The van der Waals surface area contributed by atoms with Gasteiger partial charge in [-0.25, -0.2) is 9.18 Å². The van der Waals surface area contributed by atoms with E-state index in [0.717, 1.165) is 22.3 Å². The molecule has 1 aromatic heterocycles. The van der Waals surface area contributed by atoms with Crippen LogP contribution in [0.4, 0.5) is 10.1 Å². The molecule has 1 heterocycles. The molecule has 0 bridgehead atoms. The number of rotatable bonds is 6. The number of aromatic amines is 2. The van der Waals surface area contributed by atoms with Crippen molar-refractivity contribution >= 4 is 28.3 Å². The largest absolute Gasteiger partial charge is 0.489 e. The third-order valence-electron chi connectivity index (χ3n) is 4.38. The van der Waals surface area contributed by atoms with E-state index in [0.29, 0.717) is 22.9 Å². The van der Waals surface area contributed by atoms with Crippen molar-refractivity contribution in [2.24, 2.45) is 0 Å². The van der Waals surface area contributed by atoms with Crippen LogP contribution >= 0.6 is 11.6 Å². The first-order valence-electron chi connectivity index (χ1n) is 8.69. The van der Waals surface area contributed by atoms with E-state index in [1.54, 1.807) is 12.1 Å². The smallest absolute Gasteiger partial charge is 0.323 e. The molecule has 0 amide bonds. The number of imidazole rings is 1. The van der Waals surface area contributed by atoms with Crippen molar-refractivity contribution in [3.63, 3.8) is 0 Å². The van der Waals surface area contributed by atoms with E-state index in [4.69, 9.17) is 16.3 Å². The van der Waals surface area contributed by atoms with Crippen LogP contribution in [0.1, 0.15) is 11.1 Å². The Bertz CT molecular complexity index is 1150. The second kappa shape index (κ2) is 7.78. The molecule has 0 unspecified atom stereocenters. The van der Waals surface area contributed by atoms with Gasteiger partial charge in [-0.15, -0.1) is 0 Å². The van der Waals surface area contributed by atoms with Crippen molar-refractivity contribution in [3.8, 4) is 5.75 Å². The number of H-pyrrole nitrogens is 2. The SMILES string of the molecule is O=c1[nH]c2ccc(NCc3ccc(OCc4c(F)cccc4Cl)cc3)cc2[nH]1. The molecular formula is C21H17ClFN3O2. The minimum Gasteiger partial charge on any atom is -0.489 e. The highest BCUT2D eigenvalue weighted by Crippen LogP contribution is 2.22. The Morgan fingerprint density at radius 1 is 1.00 bits per heavy atom. The van der Waals surface area contributed by atoms with E-state index in [2.05, 4.69) is 15.3 Å². The minimum atomic E-state index is -0.381. The Balaban J connectivity index is 1.36. The van der Waals surface area contributed by atoms with Crippen LogP contribution in [0, 0.1) is 5.82 Å². The average molecular weight is 398 g/mol. The number of aromatic nitrogens is 2. The Morgan fingerprint density at radius 2 is 1.79 bits per heavy atom. The maximum atomic E-state index is 13.8. The van der Waals surface area contributed by atoms with Crippen molar-refractivity contribution in [1.29, 1.82) is 0 Å². The number of ether oxygens (including phenoxy) is 1. The van der Waals surface area contributed by atoms with Gasteiger partial charge >= 0.3 is 5.69 Å². The van der Waals surface area contributed by atoms with Crippen LogP contribution < -0.4 is 15.7 Å². The highest BCUT2D eigenvalue weighted by Gasteiger charge is 2.07. The van der Waals surface area contributed by atoms with Gasteiger partial charge in [0.1, 0.15) is 18.2 Å². The maximum Gasteiger partial charge on any atom is 0.323 e. The van der Waals surface area contributed by atoms with Crippen molar-refractivity contribution in [2.45, 2.75) is 13.2 Å². The third kappa shape index (κ3) is 4.02. The summed E-state index contributed by atoms with van der Waals surface area (Å²) in [6, 6.07) is 17.7. The zero-order valence-electron chi connectivity index (χ0n) is 14.8. The lowest BCUT2D eigenvalue weighted by molar-refractivity contribution is 0.300. The minimum absolute atomic E-state index is 0.0674. The molecule has 5 nitrogen and oxygen atoms in total. The first kappa shape index (κ1) is 18.1. The van der Waals surface area contributed by atoms with Gasteiger partial charge in [-0.1, -0.05) is 29.8 Å². The first-order chi connectivity index (χ1) is 13.6. The van der Waals surface area contributed by atoms with E-state index in [9.17, 15) is 9.18 Å². The zero-order valence-corrected chi connectivity index (χ0v) is 15.5. The number of nitrogens with one attached hydrogen (secondary N) is 3. The molecule has 142 valence electrons. The molecule has 0 aliphatic rings. The highest BCUT2D eigenvalue weighted by molar-refractivity contribution is 6.31. The number of benzene rings is 3. The summed E-state index contributed by atoms with van der Waals surface area (Å²) in [5.41, 5.74) is 3.60. The summed E-state index contributed by atoms with van der Waals surface area (Å²) in [6.45, 7) is 0.678. The summed E-state index contributed by atoms with van der Waals surface area (Å²) >= 11 is 6.01.